The Hall–Kier alpha value is -0.870. The number of imidazole rings is 1. The Balaban J connectivity index is 2.71. The molecule has 86 valence electrons. The third-order valence-electron chi connectivity index (χ3n) is 2.72. The van der Waals surface area contributed by atoms with Gasteiger partial charge in [-0.1, -0.05) is 19.8 Å². The zero-order valence-corrected chi connectivity index (χ0v) is 9.56. The van der Waals surface area contributed by atoms with Crippen LogP contribution in [0.4, 0.5) is 0 Å². The van der Waals surface area contributed by atoms with Crippen LogP contribution in [0.3, 0.4) is 0 Å². The van der Waals surface area contributed by atoms with E-state index in [2.05, 4.69) is 23.4 Å². The van der Waals surface area contributed by atoms with E-state index in [-0.39, 0.29) is 12.6 Å². The quantitative estimate of drug-likeness (QED) is 0.751. The Morgan fingerprint density at radius 2 is 2.33 bits per heavy atom. The number of hydrogen-bond acceptors (Lipinski definition) is 3. The number of aliphatic hydroxyl groups is 1. The largest absolute Gasteiger partial charge is 0.394 e. The van der Waals surface area contributed by atoms with Crippen molar-refractivity contribution in [2.75, 3.05) is 6.61 Å². The van der Waals surface area contributed by atoms with Crippen molar-refractivity contribution < 1.29 is 5.11 Å². The van der Waals surface area contributed by atoms with Gasteiger partial charge in [-0.05, 0) is 13.3 Å². The molecule has 0 aliphatic carbocycles. The van der Waals surface area contributed by atoms with Gasteiger partial charge in [-0.15, -0.1) is 0 Å². The van der Waals surface area contributed by atoms with Gasteiger partial charge in [-0.25, -0.2) is 4.98 Å². The molecule has 2 unspecified atom stereocenters. The average molecular weight is 211 g/mol. The monoisotopic (exact) mass is 211 g/mol. The summed E-state index contributed by atoms with van der Waals surface area (Å²) in [7, 11) is 0. The van der Waals surface area contributed by atoms with Crippen LogP contribution in [0, 0.1) is 0 Å². The minimum absolute atomic E-state index is 0.0355. The highest BCUT2D eigenvalue weighted by Gasteiger charge is 2.14. The summed E-state index contributed by atoms with van der Waals surface area (Å²) in [6, 6.07) is 0.0802. The number of rotatable bonds is 6. The highest BCUT2D eigenvalue weighted by molar-refractivity contribution is 5.05. The number of aromatic nitrogens is 2. The highest BCUT2D eigenvalue weighted by Crippen LogP contribution is 2.19. The van der Waals surface area contributed by atoms with Gasteiger partial charge in [0.1, 0.15) is 0 Å². The first-order valence-corrected chi connectivity index (χ1v) is 5.58. The van der Waals surface area contributed by atoms with Crippen molar-refractivity contribution in [3.05, 3.63) is 18.2 Å². The van der Waals surface area contributed by atoms with Crippen molar-refractivity contribution in [2.24, 2.45) is 5.73 Å². The van der Waals surface area contributed by atoms with Crippen LogP contribution in [0.5, 0.6) is 0 Å². The highest BCUT2D eigenvalue weighted by atomic mass is 16.3. The first-order chi connectivity index (χ1) is 7.20. The lowest BCUT2D eigenvalue weighted by Crippen LogP contribution is -2.20. The second-order valence-corrected chi connectivity index (χ2v) is 4.01. The molecule has 1 aromatic heterocycles. The molecule has 4 nitrogen and oxygen atoms in total. The number of hydrogen-bond donors (Lipinski definition) is 2. The molecule has 1 heterocycles. The fraction of sp³-hybridized carbons (Fsp3) is 0.727. The van der Waals surface area contributed by atoms with Crippen LogP contribution in [0.15, 0.2) is 12.5 Å². The summed E-state index contributed by atoms with van der Waals surface area (Å²) in [6.07, 6.45) is 7.06. The van der Waals surface area contributed by atoms with E-state index in [1.165, 1.54) is 12.8 Å². The molecule has 0 aliphatic rings. The minimum atomic E-state index is -0.323. The van der Waals surface area contributed by atoms with Crippen LogP contribution in [0.1, 0.15) is 50.9 Å². The number of unbranched alkanes of at least 4 members (excludes halogenated alkanes) is 1. The van der Waals surface area contributed by atoms with E-state index in [1.807, 2.05) is 0 Å². The first kappa shape index (κ1) is 12.2. The van der Waals surface area contributed by atoms with E-state index in [9.17, 15) is 0 Å². The number of nitrogens with two attached hydrogens (primary N) is 1. The molecule has 0 saturated heterocycles. The molecule has 15 heavy (non-hydrogen) atoms. The van der Waals surface area contributed by atoms with Crippen molar-refractivity contribution in [3.63, 3.8) is 0 Å². The van der Waals surface area contributed by atoms with Crippen LogP contribution in [0.25, 0.3) is 0 Å². The maximum Gasteiger partial charge on any atom is 0.0951 e. The van der Waals surface area contributed by atoms with Gasteiger partial charge in [0.2, 0.25) is 0 Å². The maximum absolute atomic E-state index is 9.02. The summed E-state index contributed by atoms with van der Waals surface area (Å²) < 4.78 is 2.07. The molecule has 0 aromatic carbocycles. The molecular formula is C11H21N3O. The zero-order valence-electron chi connectivity index (χ0n) is 9.56. The van der Waals surface area contributed by atoms with Crippen molar-refractivity contribution in [1.29, 1.82) is 0 Å². The van der Waals surface area contributed by atoms with Crippen LogP contribution in [-0.2, 0) is 0 Å². The number of aliphatic hydroxyl groups excluding tert-OH is 1. The lowest BCUT2D eigenvalue weighted by molar-refractivity contribution is 0.261. The van der Waals surface area contributed by atoms with Crippen molar-refractivity contribution in [1.82, 2.24) is 9.55 Å². The molecule has 0 bridgehead atoms. The van der Waals surface area contributed by atoms with E-state index in [4.69, 9.17) is 10.8 Å². The summed E-state index contributed by atoms with van der Waals surface area (Å²) in [6.45, 7) is 4.30. The molecule has 1 rings (SSSR count). The number of nitrogens with zero attached hydrogens (tertiary/aromatic N) is 2. The molecule has 0 amide bonds. The molecule has 1 aromatic rings. The van der Waals surface area contributed by atoms with Crippen LogP contribution in [-0.4, -0.2) is 21.3 Å². The van der Waals surface area contributed by atoms with Crippen molar-refractivity contribution >= 4 is 0 Å². The molecule has 3 N–H and O–H groups in total. The minimum Gasteiger partial charge on any atom is -0.394 e. The molecule has 0 radical (unpaired) electrons. The Bertz CT molecular complexity index is 285. The Labute approximate surface area is 91.1 Å². The van der Waals surface area contributed by atoms with Gasteiger partial charge in [0.15, 0.2) is 0 Å². The summed E-state index contributed by atoms with van der Waals surface area (Å²) in [5.41, 5.74) is 6.71. The third-order valence-corrected chi connectivity index (χ3v) is 2.72. The van der Waals surface area contributed by atoms with Gasteiger partial charge in [0, 0.05) is 12.2 Å². The van der Waals surface area contributed by atoms with Gasteiger partial charge in [0.25, 0.3) is 0 Å². The van der Waals surface area contributed by atoms with Gasteiger partial charge in [-0.2, -0.15) is 0 Å². The summed E-state index contributed by atoms with van der Waals surface area (Å²) >= 11 is 0. The second kappa shape index (κ2) is 5.88. The summed E-state index contributed by atoms with van der Waals surface area (Å²) in [4.78, 5) is 4.09. The second-order valence-electron chi connectivity index (χ2n) is 4.01. The molecular weight excluding hydrogens is 190 g/mol. The smallest absolute Gasteiger partial charge is 0.0951 e. The molecule has 4 heteroatoms. The lowest BCUT2D eigenvalue weighted by Gasteiger charge is -2.18. The predicted octanol–water partition coefficient (Wildman–Crippen LogP) is 1.63. The Kier molecular flexibility index (Phi) is 4.78. The molecule has 0 saturated carbocycles. The maximum atomic E-state index is 9.02. The van der Waals surface area contributed by atoms with E-state index < -0.39 is 0 Å². The van der Waals surface area contributed by atoms with Gasteiger partial charge in [-0.3, -0.25) is 0 Å². The molecule has 2 atom stereocenters. The fourth-order valence-corrected chi connectivity index (χ4v) is 1.70. The SMILES string of the molecule is CCCCC(C)n1cncc1C(N)CO. The van der Waals surface area contributed by atoms with Crippen molar-refractivity contribution in [2.45, 2.75) is 45.2 Å². The third kappa shape index (κ3) is 3.04. The lowest BCUT2D eigenvalue weighted by atomic mass is 10.1. The zero-order chi connectivity index (χ0) is 11.3. The van der Waals surface area contributed by atoms with E-state index in [0.717, 1.165) is 12.1 Å². The van der Waals surface area contributed by atoms with Gasteiger partial charge in [0.05, 0.1) is 24.7 Å². The van der Waals surface area contributed by atoms with Crippen LogP contribution >= 0.6 is 0 Å². The van der Waals surface area contributed by atoms with Crippen molar-refractivity contribution in [3.8, 4) is 0 Å². The summed E-state index contributed by atoms with van der Waals surface area (Å²) in [5, 5.41) is 9.02. The molecule has 0 fully saturated rings. The van der Waals surface area contributed by atoms with E-state index in [0.29, 0.717) is 6.04 Å². The first-order valence-electron chi connectivity index (χ1n) is 5.58. The van der Waals surface area contributed by atoms with Crippen LogP contribution < -0.4 is 5.73 Å². The Morgan fingerprint density at radius 3 is 2.93 bits per heavy atom. The molecule has 0 aliphatic heterocycles. The Morgan fingerprint density at radius 1 is 1.60 bits per heavy atom. The van der Waals surface area contributed by atoms with Gasteiger partial charge >= 0.3 is 0 Å². The van der Waals surface area contributed by atoms with Gasteiger partial charge < -0.3 is 15.4 Å². The van der Waals surface area contributed by atoms with Crippen LogP contribution in [0.2, 0.25) is 0 Å². The molecule has 0 spiro atoms. The summed E-state index contributed by atoms with van der Waals surface area (Å²) in [5.74, 6) is 0. The van der Waals surface area contributed by atoms with E-state index >= 15 is 0 Å². The predicted molar refractivity (Wildman–Crippen MR) is 60.5 cm³/mol. The van der Waals surface area contributed by atoms with E-state index in [1.54, 1.807) is 12.5 Å². The fourth-order valence-electron chi connectivity index (χ4n) is 1.70. The average Bonchev–Trinajstić information content (AvgIpc) is 2.73. The standard InChI is InChI=1S/C11H21N3O/c1-3-4-5-9(2)14-8-13-6-11(14)10(12)7-15/h6,8-10,15H,3-5,7,12H2,1-2H3. The normalized spacial score (nSPS) is 15.2. The topological polar surface area (TPSA) is 64.1 Å².